The highest BCUT2D eigenvalue weighted by Gasteiger charge is 2.39. The third-order valence-corrected chi connectivity index (χ3v) is 3.87. The Hall–Kier alpha value is -1.43. The summed E-state index contributed by atoms with van der Waals surface area (Å²) >= 11 is 0. The number of rotatable bonds is 4. The number of carboxylic acids is 1. The Morgan fingerprint density at radius 2 is 2.17 bits per heavy atom. The van der Waals surface area contributed by atoms with Gasteiger partial charge in [0.2, 0.25) is 5.89 Å². The molecule has 0 unspecified atom stereocenters. The lowest BCUT2D eigenvalue weighted by atomic mass is 9.76. The molecule has 0 aromatic carbocycles. The molecule has 18 heavy (non-hydrogen) atoms. The highest BCUT2D eigenvalue weighted by atomic mass is 16.5. The lowest BCUT2D eigenvalue weighted by molar-refractivity contribution is -0.152. The third kappa shape index (κ3) is 2.53. The predicted molar refractivity (Wildman–Crippen MR) is 63.9 cm³/mol. The third-order valence-electron chi connectivity index (χ3n) is 3.87. The van der Waals surface area contributed by atoms with Gasteiger partial charge in [-0.3, -0.25) is 9.69 Å². The molecule has 0 aliphatic carbocycles. The van der Waals surface area contributed by atoms with Crippen LogP contribution in [0.25, 0.3) is 0 Å². The van der Waals surface area contributed by atoms with Crippen molar-refractivity contribution < 1.29 is 14.4 Å². The van der Waals surface area contributed by atoms with Crippen LogP contribution in [0.5, 0.6) is 0 Å². The van der Waals surface area contributed by atoms with E-state index in [9.17, 15) is 9.90 Å². The van der Waals surface area contributed by atoms with Crippen LogP contribution < -0.4 is 0 Å². The average molecular weight is 253 g/mol. The van der Waals surface area contributed by atoms with E-state index in [1.54, 1.807) is 6.92 Å². The van der Waals surface area contributed by atoms with Crippen molar-refractivity contribution in [3.8, 4) is 0 Å². The van der Waals surface area contributed by atoms with Crippen molar-refractivity contribution in [2.45, 2.75) is 39.7 Å². The first-order chi connectivity index (χ1) is 8.55. The maximum atomic E-state index is 11.3. The molecule has 100 valence electrons. The van der Waals surface area contributed by atoms with Gasteiger partial charge in [-0.05, 0) is 39.3 Å². The average Bonchev–Trinajstić information content (AvgIpc) is 2.76. The summed E-state index contributed by atoms with van der Waals surface area (Å²) in [6.07, 6.45) is 2.06. The number of nitrogens with zero attached hydrogens (tertiary/aromatic N) is 3. The molecular weight excluding hydrogens is 234 g/mol. The van der Waals surface area contributed by atoms with E-state index in [1.165, 1.54) is 0 Å². The monoisotopic (exact) mass is 253 g/mol. The van der Waals surface area contributed by atoms with Gasteiger partial charge in [0.25, 0.3) is 0 Å². The summed E-state index contributed by atoms with van der Waals surface area (Å²) in [5.74, 6) is 0.570. The minimum absolute atomic E-state index is 0.540. The smallest absolute Gasteiger partial charge is 0.309 e. The van der Waals surface area contributed by atoms with E-state index in [0.717, 1.165) is 13.1 Å². The Morgan fingerprint density at radius 3 is 2.61 bits per heavy atom. The summed E-state index contributed by atoms with van der Waals surface area (Å²) in [6.45, 7) is 5.88. The Bertz CT molecular complexity index is 422. The lowest BCUT2D eigenvalue weighted by Gasteiger charge is -2.37. The van der Waals surface area contributed by atoms with Gasteiger partial charge in [0, 0.05) is 0 Å². The van der Waals surface area contributed by atoms with E-state index in [2.05, 4.69) is 15.0 Å². The van der Waals surface area contributed by atoms with Gasteiger partial charge in [-0.25, -0.2) is 0 Å². The minimum Gasteiger partial charge on any atom is -0.481 e. The Kier molecular flexibility index (Phi) is 3.65. The van der Waals surface area contributed by atoms with Gasteiger partial charge in [0.05, 0.1) is 12.0 Å². The van der Waals surface area contributed by atoms with Crippen molar-refractivity contribution >= 4 is 5.97 Å². The second-order valence-corrected chi connectivity index (χ2v) is 4.95. The lowest BCUT2D eigenvalue weighted by Crippen LogP contribution is -2.43. The molecule has 2 rings (SSSR count). The fraction of sp³-hybridized carbons (Fsp3) is 0.750. The molecule has 0 radical (unpaired) electrons. The molecule has 6 nitrogen and oxygen atoms in total. The van der Waals surface area contributed by atoms with Gasteiger partial charge < -0.3 is 9.63 Å². The summed E-state index contributed by atoms with van der Waals surface area (Å²) in [4.78, 5) is 17.6. The van der Waals surface area contributed by atoms with Crippen molar-refractivity contribution in [2.24, 2.45) is 5.41 Å². The van der Waals surface area contributed by atoms with Gasteiger partial charge >= 0.3 is 5.97 Å². The van der Waals surface area contributed by atoms with Crippen molar-refractivity contribution in [3.63, 3.8) is 0 Å². The first-order valence-corrected chi connectivity index (χ1v) is 6.31. The molecule has 6 heteroatoms. The summed E-state index contributed by atoms with van der Waals surface area (Å²) in [5, 5.41) is 13.1. The van der Waals surface area contributed by atoms with Crippen LogP contribution in [-0.4, -0.2) is 39.2 Å². The predicted octanol–water partition coefficient (Wildman–Crippen LogP) is 1.45. The Balaban J connectivity index is 1.92. The number of aromatic nitrogens is 2. The zero-order valence-corrected chi connectivity index (χ0v) is 10.8. The molecule has 0 amide bonds. The molecule has 0 bridgehead atoms. The molecule has 1 fully saturated rings. The highest BCUT2D eigenvalue weighted by molar-refractivity contribution is 5.74. The topological polar surface area (TPSA) is 79.5 Å². The van der Waals surface area contributed by atoms with E-state index in [0.29, 0.717) is 37.5 Å². The standard InChI is InChI=1S/C12H19N3O3/c1-3-12(11(16)17)4-6-15(7-5-12)8-10-13-9(2)14-18-10/h3-8H2,1-2H3,(H,16,17). The van der Waals surface area contributed by atoms with Gasteiger partial charge in [0.15, 0.2) is 5.82 Å². The molecule has 0 atom stereocenters. The maximum absolute atomic E-state index is 11.3. The van der Waals surface area contributed by atoms with Crippen LogP contribution in [0.1, 0.15) is 37.9 Å². The molecule has 0 spiro atoms. The van der Waals surface area contributed by atoms with Crippen molar-refractivity contribution in [3.05, 3.63) is 11.7 Å². The highest BCUT2D eigenvalue weighted by Crippen LogP contribution is 2.35. The van der Waals surface area contributed by atoms with Crippen LogP contribution in [0.15, 0.2) is 4.52 Å². The van der Waals surface area contributed by atoms with Crippen LogP contribution in [-0.2, 0) is 11.3 Å². The summed E-state index contributed by atoms with van der Waals surface area (Å²) in [5.41, 5.74) is -0.540. The Morgan fingerprint density at radius 1 is 1.50 bits per heavy atom. The van der Waals surface area contributed by atoms with Crippen LogP contribution in [0.3, 0.4) is 0 Å². The number of hydrogen-bond donors (Lipinski definition) is 1. The first-order valence-electron chi connectivity index (χ1n) is 6.31. The van der Waals surface area contributed by atoms with Crippen LogP contribution in [0, 0.1) is 12.3 Å². The summed E-state index contributed by atoms with van der Waals surface area (Å²) in [6, 6.07) is 0. The number of carbonyl (C=O) groups is 1. The van der Waals surface area contributed by atoms with Crippen molar-refractivity contribution in [1.82, 2.24) is 15.0 Å². The molecule has 1 N–H and O–H groups in total. The van der Waals surface area contributed by atoms with Crippen LogP contribution >= 0.6 is 0 Å². The molecule has 1 aromatic rings. The number of aliphatic carboxylic acids is 1. The van der Waals surface area contributed by atoms with Crippen molar-refractivity contribution in [2.75, 3.05) is 13.1 Å². The fourth-order valence-electron chi connectivity index (χ4n) is 2.45. The van der Waals surface area contributed by atoms with Crippen molar-refractivity contribution in [1.29, 1.82) is 0 Å². The second-order valence-electron chi connectivity index (χ2n) is 4.95. The first kappa shape index (κ1) is 13.0. The maximum Gasteiger partial charge on any atom is 0.309 e. The second kappa shape index (κ2) is 5.06. The Labute approximate surface area is 106 Å². The summed E-state index contributed by atoms with van der Waals surface area (Å²) < 4.78 is 5.07. The summed E-state index contributed by atoms with van der Waals surface area (Å²) in [7, 11) is 0. The zero-order valence-electron chi connectivity index (χ0n) is 10.8. The molecule has 1 aliphatic rings. The van der Waals surface area contributed by atoms with Gasteiger partial charge in [0.1, 0.15) is 0 Å². The van der Waals surface area contributed by atoms with E-state index >= 15 is 0 Å². The van der Waals surface area contributed by atoms with E-state index < -0.39 is 11.4 Å². The number of piperidine rings is 1. The molecule has 2 heterocycles. The molecular formula is C12H19N3O3. The van der Waals surface area contributed by atoms with E-state index in [-0.39, 0.29) is 0 Å². The quantitative estimate of drug-likeness (QED) is 0.875. The van der Waals surface area contributed by atoms with E-state index in [4.69, 9.17) is 4.52 Å². The fourth-order valence-corrected chi connectivity index (χ4v) is 2.45. The minimum atomic E-state index is -0.668. The van der Waals surface area contributed by atoms with Gasteiger partial charge in [-0.2, -0.15) is 4.98 Å². The molecule has 1 saturated heterocycles. The molecule has 1 aliphatic heterocycles. The van der Waals surface area contributed by atoms with E-state index in [1.807, 2.05) is 6.92 Å². The van der Waals surface area contributed by atoms with Gasteiger partial charge in [-0.15, -0.1) is 0 Å². The number of carboxylic acid groups (broad SMARTS) is 1. The van der Waals surface area contributed by atoms with Crippen LogP contribution in [0.2, 0.25) is 0 Å². The molecule has 0 saturated carbocycles. The zero-order chi connectivity index (χ0) is 13.2. The molecule has 1 aromatic heterocycles. The normalized spacial score (nSPS) is 19.9. The SMILES string of the molecule is CCC1(C(=O)O)CCN(Cc2nc(C)no2)CC1. The number of aryl methyl sites for hydroxylation is 1. The number of hydrogen-bond acceptors (Lipinski definition) is 5. The van der Waals surface area contributed by atoms with Crippen LogP contribution in [0.4, 0.5) is 0 Å². The largest absolute Gasteiger partial charge is 0.481 e. The number of likely N-dealkylation sites (tertiary alicyclic amines) is 1. The van der Waals surface area contributed by atoms with Gasteiger partial charge in [-0.1, -0.05) is 12.1 Å².